The van der Waals surface area contributed by atoms with Gasteiger partial charge in [0.25, 0.3) is 0 Å². The summed E-state index contributed by atoms with van der Waals surface area (Å²) >= 11 is 0. The van der Waals surface area contributed by atoms with Crippen LogP contribution in [0.15, 0.2) is 0 Å². The molecular weight excluding hydrogens is 290 g/mol. The molecule has 10 heteroatoms. The number of carboxylic acid groups (broad SMARTS) is 4. The van der Waals surface area contributed by atoms with Crippen LogP contribution in [0.1, 0.15) is 26.7 Å². The zero-order chi connectivity index (χ0) is 17.4. The highest BCUT2D eigenvalue weighted by Gasteiger charge is 2.40. The van der Waals surface area contributed by atoms with Crippen molar-refractivity contribution < 1.29 is 44.7 Å². The smallest absolute Gasteiger partial charge is 0.336 e. The van der Waals surface area contributed by atoms with Crippen LogP contribution in [0.4, 0.5) is 0 Å². The monoisotopic (exact) mass is 309 g/mol. The maximum absolute atomic E-state index is 10.3. The van der Waals surface area contributed by atoms with E-state index in [0.29, 0.717) is 0 Å². The van der Waals surface area contributed by atoms with E-state index >= 15 is 0 Å². The second kappa shape index (κ2) is 8.87. The highest BCUT2D eigenvalue weighted by atomic mass is 16.4. The molecular formula is C11H19NO9. The molecule has 0 rings (SSSR count). The van der Waals surface area contributed by atoms with Crippen molar-refractivity contribution in [3.63, 3.8) is 0 Å². The van der Waals surface area contributed by atoms with E-state index in [0.717, 1.165) is 0 Å². The van der Waals surface area contributed by atoms with Gasteiger partial charge in [-0.05, 0) is 5.92 Å². The van der Waals surface area contributed by atoms with Gasteiger partial charge in [0.1, 0.15) is 6.04 Å². The Morgan fingerprint density at radius 1 is 0.952 bits per heavy atom. The highest BCUT2D eigenvalue weighted by Crippen LogP contribution is 2.15. The van der Waals surface area contributed by atoms with Gasteiger partial charge in [0.15, 0.2) is 5.60 Å². The molecule has 0 saturated carbocycles. The third-order valence-corrected chi connectivity index (χ3v) is 2.29. The Morgan fingerprint density at radius 2 is 1.29 bits per heavy atom. The van der Waals surface area contributed by atoms with Gasteiger partial charge in [-0.25, -0.2) is 4.79 Å². The lowest BCUT2D eigenvalue weighted by Crippen LogP contribution is -2.42. The summed E-state index contributed by atoms with van der Waals surface area (Å²) in [6, 6.07) is -0.713. The predicted molar refractivity (Wildman–Crippen MR) is 67.5 cm³/mol. The van der Waals surface area contributed by atoms with Crippen LogP contribution in [0.25, 0.3) is 0 Å². The van der Waals surface area contributed by atoms with Gasteiger partial charge in [-0.1, -0.05) is 13.8 Å². The van der Waals surface area contributed by atoms with Crippen LogP contribution >= 0.6 is 0 Å². The lowest BCUT2D eigenvalue weighted by molar-refractivity contribution is -0.170. The summed E-state index contributed by atoms with van der Waals surface area (Å²) in [4.78, 5) is 40.5. The number of hydrogen-bond donors (Lipinski definition) is 6. The molecule has 0 unspecified atom stereocenters. The normalized spacial score (nSPS) is 12.0. The van der Waals surface area contributed by atoms with Crippen LogP contribution in [0, 0.1) is 5.92 Å². The predicted octanol–water partition coefficient (Wildman–Crippen LogP) is -1.19. The maximum Gasteiger partial charge on any atom is 0.336 e. The van der Waals surface area contributed by atoms with Crippen molar-refractivity contribution in [1.82, 2.24) is 0 Å². The van der Waals surface area contributed by atoms with E-state index in [1.54, 1.807) is 13.8 Å². The number of hydrogen-bond acceptors (Lipinski definition) is 6. The molecule has 10 nitrogen and oxygen atoms in total. The van der Waals surface area contributed by atoms with E-state index in [1.165, 1.54) is 0 Å². The van der Waals surface area contributed by atoms with Crippen LogP contribution in [0.5, 0.6) is 0 Å². The molecule has 7 N–H and O–H groups in total. The van der Waals surface area contributed by atoms with Gasteiger partial charge in [-0.3, -0.25) is 14.4 Å². The van der Waals surface area contributed by atoms with Crippen LogP contribution in [-0.4, -0.2) is 61.1 Å². The molecule has 0 aromatic carbocycles. The van der Waals surface area contributed by atoms with Gasteiger partial charge in [-0.2, -0.15) is 0 Å². The Balaban J connectivity index is 0. The Labute approximate surface area is 119 Å². The molecule has 0 aromatic rings. The number of carbonyl (C=O) groups is 4. The second-order valence-electron chi connectivity index (χ2n) is 4.59. The summed E-state index contributed by atoms with van der Waals surface area (Å²) in [6.45, 7) is 3.55. The fourth-order valence-corrected chi connectivity index (χ4v) is 0.999. The molecule has 0 amide bonds. The third kappa shape index (κ3) is 9.35. The van der Waals surface area contributed by atoms with E-state index in [2.05, 4.69) is 0 Å². The van der Waals surface area contributed by atoms with Gasteiger partial charge in [-0.15, -0.1) is 0 Å². The Kier molecular flexibility index (Phi) is 8.91. The molecule has 0 aliphatic heterocycles. The molecule has 122 valence electrons. The standard InChI is InChI=1S/C6H8O7.C5H11NO2/c7-3(8)1-6(13,5(11)12)2-4(9)10;1-3(2)4(6)5(7)8/h13H,1-2H2,(H,7,8)(H,9,10)(H,11,12);3-4H,6H2,1-2H3,(H,7,8)/t;4-/m.0/s1. The highest BCUT2D eigenvalue weighted by molar-refractivity contribution is 5.88. The summed E-state index contributed by atoms with van der Waals surface area (Å²) in [5, 5.41) is 42.0. The number of carboxylic acids is 4. The molecule has 0 aliphatic carbocycles. The maximum atomic E-state index is 10.3. The van der Waals surface area contributed by atoms with Crippen molar-refractivity contribution >= 4 is 23.9 Å². The Bertz CT molecular complexity index is 388. The minimum absolute atomic E-state index is 0.0208. The van der Waals surface area contributed by atoms with Crippen molar-refractivity contribution in [2.45, 2.75) is 38.3 Å². The van der Waals surface area contributed by atoms with Crippen LogP contribution in [0.3, 0.4) is 0 Å². The quantitative estimate of drug-likeness (QED) is 0.332. The molecule has 0 saturated heterocycles. The minimum atomic E-state index is -2.74. The number of aliphatic hydroxyl groups is 1. The van der Waals surface area contributed by atoms with Gasteiger partial charge >= 0.3 is 23.9 Å². The van der Waals surface area contributed by atoms with Crippen molar-refractivity contribution in [3.05, 3.63) is 0 Å². The zero-order valence-corrected chi connectivity index (χ0v) is 11.5. The largest absolute Gasteiger partial charge is 0.481 e. The van der Waals surface area contributed by atoms with Crippen molar-refractivity contribution in [2.24, 2.45) is 11.7 Å². The molecule has 1 atom stereocenters. The van der Waals surface area contributed by atoms with E-state index in [9.17, 15) is 19.2 Å². The van der Waals surface area contributed by atoms with E-state index in [4.69, 9.17) is 31.3 Å². The zero-order valence-electron chi connectivity index (χ0n) is 11.5. The lowest BCUT2D eigenvalue weighted by Gasteiger charge is -2.18. The summed E-state index contributed by atoms with van der Waals surface area (Å²) in [7, 11) is 0. The summed E-state index contributed by atoms with van der Waals surface area (Å²) in [6.07, 6.45) is -2.29. The molecule has 0 aromatic heterocycles. The van der Waals surface area contributed by atoms with Gasteiger partial charge in [0.2, 0.25) is 0 Å². The first-order valence-electron chi connectivity index (χ1n) is 5.71. The first-order valence-corrected chi connectivity index (χ1v) is 5.71. The van der Waals surface area contributed by atoms with Crippen molar-refractivity contribution in [2.75, 3.05) is 0 Å². The Morgan fingerprint density at radius 3 is 1.38 bits per heavy atom. The third-order valence-electron chi connectivity index (χ3n) is 2.29. The molecule has 0 aliphatic rings. The van der Waals surface area contributed by atoms with Crippen molar-refractivity contribution in [1.29, 1.82) is 0 Å². The molecule has 21 heavy (non-hydrogen) atoms. The van der Waals surface area contributed by atoms with Crippen LogP contribution < -0.4 is 5.73 Å². The van der Waals surface area contributed by atoms with Gasteiger partial charge in [0.05, 0.1) is 12.8 Å². The lowest BCUT2D eigenvalue weighted by atomic mass is 9.96. The SMILES string of the molecule is CC(C)[C@H](N)C(=O)O.O=C(O)CC(O)(CC(=O)O)C(=O)O. The first kappa shape index (κ1) is 21.1. The van der Waals surface area contributed by atoms with Gasteiger partial charge in [0, 0.05) is 0 Å². The van der Waals surface area contributed by atoms with E-state index < -0.39 is 48.4 Å². The Hall–Kier alpha value is -2.20. The minimum Gasteiger partial charge on any atom is -0.481 e. The summed E-state index contributed by atoms with van der Waals surface area (Å²) in [5.74, 6) is -5.93. The molecule has 0 fully saturated rings. The second-order valence-corrected chi connectivity index (χ2v) is 4.59. The number of nitrogens with two attached hydrogens (primary N) is 1. The topological polar surface area (TPSA) is 195 Å². The fraction of sp³-hybridized carbons (Fsp3) is 0.636. The van der Waals surface area contributed by atoms with Crippen LogP contribution in [-0.2, 0) is 19.2 Å². The first-order chi connectivity index (χ1) is 9.33. The molecule has 0 bridgehead atoms. The number of rotatable bonds is 7. The van der Waals surface area contributed by atoms with Crippen LogP contribution in [0.2, 0.25) is 0 Å². The summed E-state index contributed by atoms with van der Waals surface area (Å²) < 4.78 is 0. The van der Waals surface area contributed by atoms with E-state index in [1.807, 2.05) is 0 Å². The summed E-state index contributed by atoms with van der Waals surface area (Å²) in [5.41, 5.74) is 2.42. The molecule has 0 spiro atoms. The van der Waals surface area contributed by atoms with Crippen molar-refractivity contribution in [3.8, 4) is 0 Å². The van der Waals surface area contributed by atoms with E-state index in [-0.39, 0.29) is 5.92 Å². The van der Waals surface area contributed by atoms with Gasteiger partial charge < -0.3 is 31.3 Å². The molecule has 0 heterocycles. The fourth-order valence-electron chi connectivity index (χ4n) is 0.999. The number of aliphatic carboxylic acids is 4. The average Bonchev–Trinajstić information content (AvgIpc) is 2.25. The average molecular weight is 309 g/mol. The molecule has 0 radical (unpaired) electrons.